The lowest BCUT2D eigenvalue weighted by atomic mass is 10.3. The lowest BCUT2D eigenvalue weighted by Gasteiger charge is -2.07. The Morgan fingerprint density at radius 2 is 2.22 bits per heavy atom. The predicted molar refractivity (Wildman–Crippen MR) is 85.4 cm³/mol. The first-order valence-corrected chi connectivity index (χ1v) is 7.39. The Labute approximate surface area is 137 Å². The molecule has 7 heteroatoms. The molecule has 0 atom stereocenters. The molecule has 0 fully saturated rings. The highest BCUT2D eigenvalue weighted by molar-refractivity contribution is 6.30. The molecular formula is C16H14ClN3O3. The van der Waals surface area contributed by atoms with E-state index >= 15 is 0 Å². The summed E-state index contributed by atoms with van der Waals surface area (Å²) in [5, 5.41) is 4.99. The zero-order valence-electron chi connectivity index (χ0n) is 12.3. The quantitative estimate of drug-likeness (QED) is 0.727. The number of halogens is 1. The molecule has 3 aromatic rings. The lowest BCUT2D eigenvalue weighted by Crippen LogP contribution is -2.26. The number of benzene rings is 1. The molecule has 2 heterocycles. The molecule has 1 N–H and O–H groups in total. The highest BCUT2D eigenvalue weighted by Crippen LogP contribution is 2.23. The van der Waals surface area contributed by atoms with E-state index in [2.05, 4.69) is 10.6 Å². The van der Waals surface area contributed by atoms with Gasteiger partial charge < -0.3 is 4.42 Å². The maximum atomic E-state index is 12.3. The van der Waals surface area contributed by atoms with Crippen molar-refractivity contribution in [1.29, 1.82) is 0 Å². The first-order chi connectivity index (χ1) is 11.2. The van der Waals surface area contributed by atoms with Crippen LogP contribution in [0.1, 0.15) is 17.4 Å². The van der Waals surface area contributed by atoms with Crippen molar-refractivity contribution in [3.8, 4) is 17.1 Å². The Hall–Kier alpha value is -2.57. The molecule has 3 rings (SSSR count). The van der Waals surface area contributed by atoms with Gasteiger partial charge >= 0.3 is 0 Å². The Morgan fingerprint density at radius 1 is 1.35 bits per heavy atom. The molecule has 0 bridgehead atoms. The van der Waals surface area contributed by atoms with Gasteiger partial charge in [0.25, 0.3) is 5.91 Å². The van der Waals surface area contributed by atoms with Crippen LogP contribution in [0.5, 0.6) is 0 Å². The van der Waals surface area contributed by atoms with E-state index < -0.39 is 5.91 Å². The summed E-state index contributed by atoms with van der Waals surface area (Å²) in [5.41, 5.74) is 3.88. The van der Waals surface area contributed by atoms with Crippen molar-refractivity contribution in [3.05, 3.63) is 59.4 Å². The number of hydrogen-bond acceptors (Lipinski definition) is 4. The van der Waals surface area contributed by atoms with Crippen molar-refractivity contribution in [3.63, 3.8) is 0 Å². The smallest absolute Gasteiger partial charge is 0.293 e. The van der Waals surface area contributed by atoms with Crippen LogP contribution in [-0.2, 0) is 4.84 Å². The summed E-state index contributed by atoms with van der Waals surface area (Å²) in [5.74, 6) is 0.161. The minimum Gasteiger partial charge on any atom is -0.463 e. The van der Waals surface area contributed by atoms with Crippen LogP contribution in [0, 0.1) is 0 Å². The van der Waals surface area contributed by atoms with Gasteiger partial charge in [-0.3, -0.25) is 9.63 Å². The number of aromatic nitrogens is 2. The number of amides is 1. The molecule has 2 aromatic heterocycles. The molecule has 1 aromatic carbocycles. The van der Waals surface area contributed by atoms with Crippen LogP contribution < -0.4 is 5.48 Å². The topological polar surface area (TPSA) is 69.3 Å². The van der Waals surface area contributed by atoms with E-state index in [9.17, 15) is 4.79 Å². The van der Waals surface area contributed by atoms with Crippen molar-refractivity contribution < 1.29 is 14.0 Å². The number of hydrogen-bond donors (Lipinski definition) is 1. The molecule has 0 radical (unpaired) electrons. The summed E-state index contributed by atoms with van der Waals surface area (Å²) in [6.07, 6.45) is 1.55. The molecule has 0 aliphatic rings. The maximum absolute atomic E-state index is 12.3. The van der Waals surface area contributed by atoms with Crippen LogP contribution >= 0.6 is 11.6 Å². The van der Waals surface area contributed by atoms with Crippen LogP contribution in [0.4, 0.5) is 0 Å². The third-order valence-electron chi connectivity index (χ3n) is 3.08. The number of nitrogens with zero attached hydrogens (tertiary/aromatic N) is 2. The minimum absolute atomic E-state index is 0.312. The molecule has 118 valence electrons. The van der Waals surface area contributed by atoms with Gasteiger partial charge in [-0.15, -0.1) is 0 Å². The Kier molecular flexibility index (Phi) is 4.45. The van der Waals surface area contributed by atoms with Crippen molar-refractivity contribution in [2.75, 3.05) is 6.61 Å². The van der Waals surface area contributed by atoms with Crippen LogP contribution in [0.25, 0.3) is 17.1 Å². The van der Waals surface area contributed by atoms with Crippen molar-refractivity contribution in [2.24, 2.45) is 0 Å². The zero-order valence-corrected chi connectivity index (χ0v) is 13.1. The number of hydroxylamine groups is 1. The second-order valence-corrected chi connectivity index (χ2v) is 5.08. The summed E-state index contributed by atoms with van der Waals surface area (Å²) in [7, 11) is 0. The van der Waals surface area contributed by atoms with E-state index in [1.807, 2.05) is 6.07 Å². The van der Waals surface area contributed by atoms with E-state index in [0.717, 1.165) is 0 Å². The van der Waals surface area contributed by atoms with E-state index in [1.54, 1.807) is 49.6 Å². The van der Waals surface area contributed by atoms with Gasteiger partial charge in [0.05, 0.1) is 18.6 Å². The fraction of sp³-hybridized carbons (Fsp3) is 0.125. The molecule has 0 saturated carbocycles. The van der Waals surface area contributed by atoms with E-state index in [1.165, 1.54) is 4.68 Å². The highest BCUT2D eigenvalue weighted by atomic mass is 35.5. The maximum Gasteiger partial charge on any atom is 0.293 e. The second kappa shape index (κ2) is 6.68. The van der Waals surface area contributed by atoms with Crippen LogP contribution in [0.15, 0.2) is 53.1 Å². The van der Waals surface area contributed by atoms with Gasteiger partial charge in [0.15, 0.2) is 5.76 Å². The first kappa shape index (κ1) is 15.3. The van der Waals surface area contributed by atoms with Crippen molar-refractivity contribution >= 4 is 17.5 Å². The SMILES string of the molecule is CCONC(=O)c1cc(-c2ccco2)nn1-c1cccc(Cl)c1. The third-order valence-corrected chi connectivity index (χ3v) is 3.31. The molecule has 6 nitrogen and oxygen atoms in total. The summed E-state index contributed by atoms with van der Waals surface area (Å²) in [6, 6.07) is 12.2. The standard InChI is InChI=1S/C16H14ClN3O3/c1-2-23-19-16(21)14-10-13(15-7-4-8-22-15)18-20(14)12-6-3-5-11(17)9-12/h3-10H,2H2,1H3,(H,19,21). The summed E-state index contributed by atoms with van der Waals surface area (Å²) in [4.78, 5) is 17.3. The van der Waals surface area contributed by atoms with Gasteiger partial charge in [0.1, 0.15) is 11.4 Å². The lowest BCUT2D eigenvalue weighted by molar-refractivity contribution is 0.0357. The number of carbonyl (C=O) groups is 1. The second-order valence-electron chi connectivity index (χ2n) is 4.65. The summed E-state index contributed by atoms with van der Waals surface area (Å²) in [6.45, 7) is 2.14. The van der Waals surface area contributed by atoms with Gasteiger partial charge in [-0.05, 0) is 37.3 Å². The fourth-order valence-corrected chi connectivity index (χ4v) is 2.27. The highest BCUT2D eigenvalue weighted by Gasteiger charge is 2.19. The van der Waals surface area contributed by atoms with Crippen LogP contribution in [-0.4, -0.2) is 22.3 Å². The largest absolute Gasteiger partial charge is 0.463 e. The van der Waals surface area contributed by atoms with Crippen LogP contribution in [0.2, 0.25) is 5.02 Å². The van der Waals surface area contributed by atoms with E-state index in [0.29, 0.717) is 34.5 Å². The number of rotatable bonds is 5. The van der Waals surface area contributed by atoms with Gasteiger partial charge in [-0.25, -0.2) is 10.2 Å². The monoisotopic (exact) mass is 331 g/mol. The predicted octanol–water partition coefficient (Wildman–Crippen LogP) is 3.47. The normalized spacial score (nSPS) is 10.7. The van der Waals surface area contributed by atoms with Gasteiger partial charge in [-0.2, -0.15) is 5.10 Å². The molecule has 0 spiro atoms. The van der Waals surface area contributed by atoms with Crippen molar-refractivity contribution in [1.82, 2.24) is 15.3 Å². The van der Waals surface area contributed by atoms with E-state index in [4.69, 9.17) is 20.9 Å². The Morgan fingerprint density at radius 3 is 2.91 bits per heavy atom. The fourth-order valence-electron chi connectivity index (χ4n) is 2.08. The number of furan rings is 1. The van der Waals surface area contributed by atoms with Crippen molar-refractivity contribution in [2.45, 2.75) is 6.92 Å². The summed E-state index contributed by atoms with van der Waals surface area (Å²) < 4.78 is 6.84. The molecule has 0 aliphatic carbocycles. The third kappa shape index (κ3) is 3.28. The number of nitrogens with one attached hydrogen (secondary N) is 1. The first-order valence-electron chi connectivity index (χ1n) is 7.01. The average Bonchev–Trinajstić information content (AvgIpc) is 3.21. The van der Waals surface area contributed by atoms with E-state index in [-0.39, 0.29) is 0 Å². The number of carbonyl (C=O) groups excluding carboxylic acids is 1. The molecular weight excluding hydrogens is 318 g/mol. The van der Waals surface area contributed by atoms with Crippen LogP contribution in [0.3, 0.4) is 0 Å². The van der Waals surface area contributed by atoms with Gasteiger partial charge in [0, 0.05) is 11.1 Å². The molecule has 0 unspecified atom stereocenters. The Balaban J connectivity index is 2.06. The van der Waals surface area contributed by atoms with Gasteiger partial charge in [-0.1, -0.05) is 17.7 Å². The minimum atomic E-state index is -0.405. The molecule has 1 amide bonds. The summed E-state index contributed by atoms with van der Waals surface area (Å²) >= 11 is 6.03. The molecule has 0 aliphatic heterocycles. The Bertz CT molecular complexity index is 812. The van der Waals surface area contributed by atoms with Gasteiger partial charge in [0.2, 0.25) is 0 Å². The average molecular weight is 332 g/mol. The molecule has 23 heavy (non-hydrogen) atoms. The molecule has 0 saturated heterocycles. The zero-order chi connectivity index (χ0) is 16.2.